The van der Waals surface area contributed by atoms with Crippen molar-refractivity contribution in [2.75, 3.05) is 51.5 Å². The third-order valence-electron chi connectivity index (χ3n) is 6.14. The molecule has 8 nitrogen and oxygen atoms in total. The Bertz CT molecular complexity index is 1020. The highest BCUT2D eigenvalue weighted by molar-refractivity contribution is 6.01. The van der Waals surface area contributed by atoms with Gasteiger partial charge in [-0.25, -0.2) is 9.18 Å². The summed E-state index contributed by atoms with van der Waals surface area (Å²) in [7, 11) is 5.43. The first-order valence-corrected chi connectivity index (χ1v) is 11.3. The Morgan fingerprint density at radius 1 is 1.12 bits per heavy atom. The van der Waals surface area contributed by atoms with E-state index in [0.29, 0.717) is 30.2 Å². The average molecular weight is 473 g/mol. The highest BCUT2D eigenvalue weighted by atomic mass is 19.1. The van der Waals surface area contributed by atoms with E-state index in [2.05, 4.69) is 29.4 Å². The maximum absolute atomic E-state index is 13.8. The van der Waals surface area contributed by atoms with Crippen molar-refractivity contribution in [3.05, 3.63) is 53.8 Å². The van der Waals surface area contributed by atoms with Crippen molar-refractivity contribution < 1.29 is 23.5 Å². The van der Waals surface area contributed by atoms with Crippen LogP contribution in [0.5, 0.6) is 5.75 Å². The molecule has 184 valence electrons. The second kappa shape index (κ2) is 11.3. The largest absolute Gasteiger partial charge is 0.491 e. The van der Waals surface area contributed by atoms with Crippen LogP contribution in [0.3, 0.4) is 0 Å². The molecule has 0 saturated heterocycles. The summed E-state index contributed by atoms with van der Waals surface area (Å²) in [6, 6.07) is 10.2. The van der Waals surface area contributed by atoms with Crippen LogP contribution in [-0.4, -0.2) is 74.8 Å². The fourth-order valence-corrected chi connectivity index (χ4v) is 3.88. The summed E-state index contributed by atoms with van der Waals surface area (Å²) >= 11 is 0. The second-order valence-electron chi connectivity index (χ2n) is 8.81. The van der Waals surface area contributed by atoms with Crippen molar-refractivity contribution in [1.29, 1.82) is 0 Å². The van der Waals surface area contributed by atoms with Gasteiger partial charge in [0.1, 0.15) is 18.2 Å². The van der Waals surface area contributed by atoms with Crippen LogP contribution in [0.2, 0.25) is 0 Å². The first-order chi connectivity index (χ1) is 16.2. The molecule has 2 aromatic rings. The van der Waals surface area contributed by atoms with Crippen molar-refractivity contribution in [1.82, 2.24) is 9.80 Å². The van der Waals surface area contributed by atoms with Gasteiger partial charge < -0.3 is 25.0 Å². The topological polar surface area (TPSA) is 83.1 Å². The van der Waals surface area contributed by atoms with Gasteiger partial charge in [0, 0.05) is 45.0 Å². The fraction of sp³-hybridized carbons (Fsp3) is 0.440. The number of hydrogen-bond donors (Lipinski definition) is 2. The van der Waals surface area contributed by atoms with Gasteiger partial charge in [-0.05, 0) is 44.2 Å². The highest BCUT2D eigenvalue weighted by Crippen LogP contribution is 2.27. The molecule has 1 heterocycles. The van der Waals surface area contributed by atoms with Crippen LogP contribution in [0.25, 0.3) is 0 Å². The molecule has 0 spiro atoms. The number of rotatable bonds is 3. The van der Waals surface area contributed by atoms with Crippen molar-refractivity contribution in [3.8, 4) is 5.75 Å². The average Bonchev–Trinajstić information content (AvgIpc) is 2.81. The molecule has 2 N–H and O–H groups in total. The van der Waals surface area contributed by atoms with Gasteiger partial charge in [-0.1, -0.05) is 19.1 Å². The number of nitrogens with zero attached hydrogens (tertiary/aromatic N) is 2. The van der Waals surface area contributed by atoms with Gasteiger partial charge in [0.05, 0.1) is 17.4 Å². The molecule has 0 radical (unpaired) electrons. The summed E-state index contributed by atoms with van der Waals surface area (Å²) in [4.78, 5) is 29.4. The van der Waals surface area contributed by atoms with Gasteiger partial charge in [-0.3, -0.25) is 9.69 Å². The second-order valence-corrected chi connectivity index (χ2v) is 8.81. The van der Waals surface area contributed by atoms with E-state index < -0.39 is 11.8 Å². The Kier molecular flexibility index (Phi) is 8.46. The summed E-state index contributed by atoms with van der Waals surface area (Å²) in [5.41, 5.74) is 0.873. The quantitative estimate of drug-likeness (QED) is 0.708. The summed E-state index contributed by atoms with van der Waals surface area (Å²) in [6.45, 7) is 5.74. The zero-order valence-corrected chi connectivity index (χ0v) is 20.3. The number of ether oxygens (including phenoxy) is 2. The molecule has 34 heavy (non-hydrogen) atoms. The predicted octanol–water partition coefficient (Wildman–Crippen LogP) is 3.91. The normalized spacial score (nSPS) is 22.1. The van der Waals surface area contributed by atoms with Gasteiger partial charge in [0.25, 0.3) is 5.91 Å². The maximum atomic E-state index is 13.8. The molecule has 3 rings (SSSR count). The van der Waals surface area contributed by atoms with Crippen molar-refractivity contribution in [2.45, 2.75) is 26.0 Å². The number of benzene rings is 2. The summed E-state index contributed by atoms with van der Waals surface area (Å²) < 4.78 is 25.6. The van der Waals surface area contributed by atoms with Crippen molar-refractivity contribution in [2.24, 2.45) is 5.92 Å². The smallest absolute Gasteiger partial charge is 0.323 e. The Morgan fingerprint density at radius 3 is 2.56 bits per heavy atom. The van der Waals surface area contributed by atoms with E-state index in [1.807, 2.05) is 7.05 Å². The Hall–Kier alpha value is -3.17. The van der Waals surface area contributed by atoms with Gasteiger partial charge in [-0.2, -0.15) is 0 Å². The number of nitrogens with one attached hydrogen (secondary N) is 2. The number of halogens is 1. The number of methoxy groups -OCH3 is 1. The molecule has 0 aliphatic carbocycles. The molecule has 0 fully saturated rings. The molecular formula is C25H33FN4O4. The molecule has 1 aliphatic rings. The fourth-order valence-electron chi connectivity index (χ4n) is 3.88. The Labute approximate surface area is 200 Å². The lowest BCUT2D eigenvalue weighted by molar-refractivity contribution is 0.0150. The minimum Gasteiger partial charge on any atom is -0.491 e. The third kappa shape index (κ3) is 6.24. The van der Waals surface area contributed by atoms with Crippen LogP contribution in [-0.2, 0) is 4.74 Å². The molecule has 0 unspecified atom stereocenters. The van der Waals surface area contributed by atoms with E-state index in [4.69, 9.17) is 9.47 Å². The number of urea groups is 1. The van der Waals surface area contributed by atoms with Crippen molar-refractivity contribution >= 4 is 23.3 Å². The minimum absolute atomic E-state index is 0.0677. The number of anilines is 2. The minimum atomic E-state index is -0.605. The zero-order chi connectivity index (χ0) is 24.8. The first-order valence-electron chi connectivity index (χ1n) is 11.3. The lowest BCUT2D eigenvalue weighted by Gasteiger charge is -2.34. The van der Waals surface area contributed by atoms with E-state index in [1.165, 1.54) is 12.1 Å². The molecule has 1 aliphatic heterocycles. The molecule has 3 amide bonds. The van der Waals surface area contributed by atoms with Gasteiger partial charge >= 0.3 is 6.03 Å². The molecule has 0 saturated carbocycles. The lowest BCUT2D eigenvalue weighted by atomic mass is 10.0. The number of fused-ring (bicyclic) bond motifs is 1. The highest BCUT2D eigenvalue weighted by Gasteiger charge is 2.27. The monoisotopic (exact) mass is 472 g/mol. The van der Waals surface area contributed by atoms with E-state index in [1.54, 1.807) is 49.4 Å². The van der Waals surface area contributed by atoms with Crippen LogP contribution < -0.4 is 15.4 Å². The standard InChI is InChI=1S/C25H33FN4O4/c1-16-13-29(3)17(2)15-34-22-12-18(27-25(32)28-21-9-7-6-8-20(21)26)10-11-19(22)24(31)30(4)14-23(16)33-5/h6-12,16-17,23H,13-15H2,1-5H3,(H2,27,28,32)/t16-,17-,23+/m0/s1. The molecule has 2 aromatic carbocycles. The first kappa shape index (κ1) is 25.5. The van der Waals surface area contributed by atoms with Gasteiger partial charge in [0.2, 0.25) is 0 Å². The van der Waals surface area contributed by atoms with Crippen LogP contribution in [0.1, 0.15) is 24.2 Å². The molecule has 3 atom stereocenters. The maximum Gasteiger partial charge on any atom is 0.323 e. The van der Waals surface area contributed by atoms with E-state index in [-0.39, 0.29) is 29.7 Å². The number of amides is 3. The summed E-state index contributed by atoms with van der Waals surface area (Å²) in [5, 5.41) is 5.15. The van der Waals surface area contributed by atoms with Crippen LogP contribution >= 0.6 is 0 Å². The number of hydrogen-bond acceptors (Lipinski definition) is 5. The number of carbonyl (C=O) groups excluding carboxylic acids is 2. The Morgan fingerprint density at radius 2 is 1.85 bits per heavy atom. The van der Waals surface area contributed by atoms with Crippen LogP contribution in [0.15, 0.2) is 42.5 Å². The lowest BCUT2D eigenvalue weighted by Crippen LogP contribution is -2.45. The molecular weight excluding hydrogens is 439 g/mol. The predicted molar refractivity (Wildman–Crippen MR) is 130 cm³/mol. The summed E-state index contributed by atoms with van der Waals surface area (Å²) in [5.74, 6) is -0.156. The van der Waals surface area contributed by atoms with Crippen LogP contribution in [0, 0.1) is 11.7 Å². The number of para-hydroxylation sites is 1. The van der Waals surface area contributed by atoms with E-state index in [9.17, 15) is 14.0 Å². The van der Waals surface area contributed by atoms with Crippen LogP contribution in [0.4, 0.5) is 20.6 Å². The summed E-state index contributed by atoms with van der Waals surface area (Å²) in [6.07, 6.45) is -0.115. The molecule has 0 bridgehead atoms. The van der Waals surface area contributed by atoms with E-state index >= 15 is 0 Å². The Balaban J connectivity index is 1.84. The molecule has 9 heteroatoms. The van der Waals surface area contributed by atoms with Gasteiger partial charge in [0.15, 0.2) is 0 Å². The third-order valence-corrected chi connectivity index (χ3v) is 6.14. The number of likely N-dealkylation sites (N-methyl/N-ethyl adjacent to an activating group) is 2. The SMILES string of the molecule is CO[C@@H]1CN(C)C(=O)c2ccc(NC(=O)Nc3ccccc3F)cc2OC[C@H](C)N(C)C[C@@H]1C. The van der Waals surface area contributed by atoms with Gasteiger partial charge in [-0.15, -0.1) is 0 Å². The molecule has 0 aromatic heterocycles. The number of carbonyl (C=O) groups is 2. The van der Waals surface area contributed by atoms with Crippen molar-refractivity contribution in [3.63, 3.8) is 0 Å². The zero-order valence-electron chi connectivity index (χ0n) is 20.3. The van der Waals surface area contributed by atoms with E-state index in [0.717, 1.165) is 6.54 Å².